The third-order valence-corrected chi connectivity index (χ3v) is 5.56. The number of para-hydroxylation sites is 1. The number of amides is 1. The molecular formula is C20H20N4OS. The second kappa shape index (κ2) is 6.80. The molecule has 0 saturated carbocycles. The zero-order valence-electron chi connectivity index (χ0n) is 14.7. The number of rotatable bonds is 5. The summed E-state index contributed by atoms with van der Waals surface area (Å²) in [4.78, 5) is 21.2. The van der Waals surface area contributed by atoms with Crippen molar-refractivity contribution in [3.63, 3.8) is 0 Å². The Balaban J connectivity index is 1.48. The van der Waals surface area contributed by atoms with E-state index in [-0.39, 0.29) is 11.9 Å². The van der Waals surface area contributed by atoms with Crippen LogP contribution in [-0.4, -0.2) is 26.5 Å². The lowest BCUT2D eigenvalue weighted by Gasteiger charge is -2.13. The van der Waals surface area contributed by atoms with Crippen molar-refractivity contribution >= 4 is 28.1 Å². The molecule has 0 spiro atoms. The Morgan fingerprint density at radius 2 is 2.04 bits per heavy atom. The Morgan fingerprint density at radius 1 is 1.27 bits per heavy atom. The van der Waals surface area contributed by atoms with Crippen molar-refractivity contribution < 1.29 is 4.79 Å². The van der Waals surface area contributed by atoms with Crippen LogP contribution < -0.4 is 5.32 Å². The number of nitrogens with zero attached hydrogens (tertiary/aromatic N) is 2. The topological polar surface area (TPSA) is 62.7 Å². The van der Waals surface area contributed by atoms with Crippen molar-refractivity contribution in [1.29, 1.82) is 0 Å². The van der Waals surface area contributed by atoms with Gasteiger partial charge in [0.05, 0.1) is 5.69 Å². The van der Waals surface area contributed by atoms with Crippen LogP contribution in [0.15, 0.2) is 55.0 Å². The average Bonchev–Trinajstić information content (AvgIpc) is 3.35. The monoisotopic (exact) mass is 364 g/mol. The van der Waals surface area contributed by atoms with Gasteiger partial charge in [0.2, 0.25) is 0 Å². The molecule has 26 heavy (non-hydrogen) atoms. The van der Waals surface area contributed by atoms with Crippen LogP contribution >= 0.6 is 11.3 Å². The molecule has 1 amide bonds. The van der Waals surface area contributed by atoms with Crippen LogP contribution in [0.5, 0.6) is 0 Å². The molecule has 132 valence electrons. The molecule has 4 aromatic rings. The van der Waals surface area contributed by atoms with Crippen molar-refractivity contribution in [1.82, 2.24) is 19.9 Å². The van der Waals surface area contributed by atoms with Crippen LogP contribution in [0.25, 0.3) is 16.0 Å². The van der Waals surface area contributed by atoms with Gasteiger partial charge in [-0.25, -0.2) is 4.98 Å². The average molecular weight is 364 g/mol. The molecule has 0 aliphatic heterocycles. The highest BCUT2D eigenvalue weighted by Crippen LogP contribution is 2.22. The zero-order chi connectivity index (χ0) is 18.1. The summed E-state index contributed by atoms with van der Waals surface area (Å²) in [6, 6.07) is 12.1. The fraction of sp³-hybridized carbons (Fsp3) is 0.200. The van der Waals surface area contributed by atoms with E-state index in [1.165, 1.54) is 22.3 Å². The molecule has 0 saturated heterocycles. The second-order valence-electron chi connectivity index (χ2n) is 6.44. The normalized spacial score (nSPS) is 12.4. The summed E-state index contributed by atoms with van der Waals surface area (Å²) in [7, 11) is 0. The van der Waals surface area contributed by atoms with Gasteiger partial charge in [0.15, 0.2) is 5.13 Å². The number of aromatic nitrogens is 3. The summed E-state index contributed by atoms with van der Waals surface area (Å²) >= 11 is 1.41. The lowest BCUT2D eigenvalue weighted by Crippen LogP contribution is -2.33. The van der Waals surface area contributed by atoms with E-state index in [0.29, 0.717) is 4.88 Å². The zero-order valence-corrected chi connectivity index (χ0v) is 15.5. The molecule has 0 fully saturated rings. The van der Waals surface area contributed by atoms with Crippen LogP contribution in [0.1, 0.15) is 27.9 Å². The van der Waals surface area contributed by atoms with Crippen LogP contribution in [0.2, 0.25) is 0 Å². The number of benzene rings is 1. The third kappa shape index (κ3) is 3.15. The Bertz CT molecular complexity index is 1050. The third-order valence-electron chi connectivity index (χ3n) is 4.40. The van der Waals surface area contributed by atoms with Gasteiger partial charge in [-0.15, -0.1) is 0 Å². The number of H-pyrrole nitrogens is 1. The SMILES string of the molecule is Cc1nc(-n2cccc2)sc1C(=O)N[C@@H](C)Cc1c[nH]c2ccccc12. The highest BCUT2D eigenvalue weighted by atomic mass is 32.1. The lowest BCUT2D eigenvalue weighted by atomic mass is 10.1. The van der Waals surface area contributed by atoms with Gasteiger partial charge in [-0.05, 0) is 44.0 Å². The number of carbonyl (C=O) groups is 1. The molecule has 4 rings (SSSR count). The standard InChI is InChI=1S/C20H20N4OS/c1-13(11-15-12-21-17-8-4-3-7-16(15)17)22-19(25)18-14(2)23-20(26-18)24-9-5-6-10-24/h3-10,12-13,21H,11H2,1-2H3,(H,22,25)/t13-/m0/s1. The Morgan fingerprint density at radius 3 is 2.85 bits per heavy atom. The molecule has 1 atom stereocenters. The number of thiazole rings is 1. The van der Waals surface area contributed by atoms with Gasteiger partial charge in [-0.3, -0.25) is 4.79 Å². The van der Waals surface area contributed by atoms with Crippen LogP contribution in [0.4, 0.5) is 0 Å². The van der Waals surface area contributed by atoms with Gasteiger partial charge in [0, 0.05) is 35.5 Å². The first kappa shape index (κ1) is 16.6. The predicted molar refractivity (Wildman–Crippen MR) is 105 cm³/mol. The molecule has 0 radical (unpaired) electrons. The Kier molecular flexibility index (Phi) is 4.34. The lowest BCUT2D eigenvalue weighted by molar-refractivity contribution is 0.0943. The fourth-order valence-electron chi connectivity index (χ4n) is 3.14. The molecule has 0 unspecified atom stereocenters. The molecule has 5 nitrogen and oxygen atoms in total. The van der Waals surface area contributed by atoms with Crippen LogP contribution in [0.3, 0.4) is 0 Å². The van der Waals surface area contributed by atoms with Crippen molar-refractivity contribution in [2.75, 3.05) is 0 Å². The number of aromatic amines is 1. The highest BCUT2D eigenvalue weighted by Gasteiger charge is 2.18. The molecule has 1 aromatic carbocycles. The van der Waals surface area contributed by atoms with E-state index in [4.69, 9.17) is 0 Å². The van der Waals surface area contributed by atoms with Crippen molar-refractivity contribution in [2.45, 2.75) is 26.3 Å². The number of hydrogen-bond acceptors (Lipinski definition) is 3. The minimum Gasteiger partial charge on any atom is -0.361 e. The maximum atomic E-state index is 12.7. The number of aryl methyl sites for hydroxylation is 1. The molecule has 0 bridgehead atoms. The maximum absolute atomic E-state index is 12.7. The fourth-order valence-corrected chi connectivity index (χ4v) is 4.07. The molecule has 3 aromatic heterocycles. The van der Waals surface area contributed by atoms with E-state index in [1.807, 2.05) is 61.3 Å². The molecule has 3 heterocycles. The number of carbonyl (C=O) groups excluding carboxylic acids is 1. The molecular weight excluding hydrogens is 344 g/mol. The van der Waals surface area contributed by atoms with E-state index < -0.39 is 0 Å². The van der Waals surface area contributed by atoms with Gasteiger partial charge in [0.1, 0.15) is 4.88 Å². The summed E-state index contributed by atoms with van der Waals surface area (Å²) in [5.41, 5.74) is 3.09. The second-order valence-corrected chi connectivity index (χ2v) is 7.42. The minimum absolute atomic E-state index is 0.0261. The highest BCUT2D eigenvalue weighted by molar-refractivity contribution is 7.16. The van der Waals surface area contributed by atoms with Gasteiger partial charge >= 0.3 is 0 Å². The van der Waals surface area contributed by atoms with E-state index in [1.54, 1.807) is 0 Å². The molecule has 0 aliphatic carbocycles. The van der Waals surface area contributed by atoms with Crippen LogP contribution in [0, 0.1) is 6.92 Å². The smallest absolute Gasteiger partial charge is 0.263 e. The van der Waals surface area contributed by atoms with Gasteiger partial charge < -0.3 is 14.9 Å². The first-order chi connectivity index (χ1) is 12.6. The van der Waals surface area contributed by atoms with E-state index in [2.05, 4.69) is 27.4 Å². The summed E-state index contributed by atoms with van der Waals surface area (Å²) < 4.78 is 1.92. The number of fused-ring (bicyclic) bond motifs is 1. The largest absolute Gasteiger partial charge is 0.361 e. The van der Waals surface area contributed by atoms with Gasteiger partial charge in [-0.2, -0.15) is 0 Å². The maximum Gasteiger partial charge on any atom is 0.263 e. The summed E-state index contributed by atoms with van der Waals surface area (Å²) in [5.74, 6) is -0.0641. The predicted octanol–water partition coefficient (Wildman–Crippen LogP) is 4.08. The van der Waals surface area contributed by atoms with E-state index >= 15 is 0 Å². The number of hydrogen-bond donors (Lipinski definition) is 2. The molecule has 0 aliphatic rings. The Hall–Kier alpha value is -2.86. The van der Waals surface area contributed by atoms with Gasteiger partial charge in [0.25, 0.3) is 5.91 Å². The van der Waals surface area contributed by atoms with Crippen molar-refractivity contribution in [3.8, 4) is 5.13 Å². The number of nitrogens with one attached hydrogen (secondary N) is 2. The first-order valence-corrected chi connectivity index (χ1v) is 9.40. The summed E-state index contributed by atoms with van der Waals surface area (Å²) in [5, 5.41) is 5.12. The van der Waals surface area contributed by atoms with Crippen molar-refractivity contribution in [3.05, 3.63) is 71.1 Å². The van der Waals surface area contributed by atoms with Gasteiger partial charge in [-0.1, -0.05) is 29.5 Å². The molecule has 2 N–H and O–H groups in total. The first-order valence-electron chi connectivity index (χ1n) is 8.58. The quantitative estimate of drug-likeness (QED) is 0.560. The summed E-state index contributed by atoms with van der Waals surface area (Å²) in [6.07, 6.45) is 6.66. The van der Waals surface area contributed by atoms with Crippen molar-refractivity contribution in [2.24, 2.45) is 0 Å². The molecule has 6 heteroatoms. The Labute approximate surface area is 155 Å². The van der Waals surface area contributed by atoms with E-state index in [0.717, 1.165) is 22.8 Å². The summed E-state index contributed by atoms with van der Waals surface area (Å²) in [6.45, 7) is 3.91. The van der Waals surface area contributed by atoms with Crippen LogP contribution in [-0.2, 0) is 6.42 Å². The minimum atomic E-state index is -0.0641. The van der Waals surface area contributed by atoms with E-state index in [9.17, 15) is 4.79 Å².